The zero-order valence-electron chi connectivity index (χ0n) is 16.9. The number of benzene rings is 4. The van der Waals surface area contributed by atoms with Gasteiger partial charge in [-0.15, -0.1) is 0 Å². The molecule has 3 aromatic carbocycles. The van der Waals surface area contributed by atoms with Crippen molar-refractivity contribution < 1.29 is 8.83 Å². The highest BCUT2D eigenvalue weighted by Crippen LogP contribution is 2.34. The van der Waals surface area contributed by atoms with E-state index in [9.17, 15) is 4.79 Å². The van der Waals surface area contributed by atoms with Crippen molar-refractivity contribution >= 4 is 50.1 Å². The first-order valence-electron chi connectivity index (χ1n) is 10.1. The molecule has 1 aromatic heterocycles. The van der Waals surface area contributed by atoms with Crippen molar-refractivity contribution in [3.05, 3.63) is 99.2 Å². The van der Waals surface area contributed by atoms with Crippen molar-refractivity contribution in [2.24, 2.45) is 4.99 Å². The summed E-state index contributed by atoms with van der Waals surface area (Å²) in [4.78, 5) is 21.6. The molecule has 6 heteroatoms. The molecular weight excluding hydrogens is 424 g/mol. The molecule has 0 fully saturated rings. The summed E-state index contributed by atoms with van der Waals surface area (Å²) in [5.41, 5.74) is 3.68. The van der Waals surface area contributed by atoms with Crippen molar-refractivity contribution in [2.75, 3.05) is 0 Å². The lowest BCUT2D eigenvalue weighted by Crippen LogP contribution is -2.06. The third kappa shape index (κ3) is 2.98. The van der Waals surface area contributed by atoms with Crippen molar-refractivity contribution in [3.8, 4) is 11.5 Å². The molecule has 5 nitrogen and oxygen atoms in total. The van der Waals surface area contributed by atoms with E-state index in [2.05, 4.69) is 0 Å². The highest BCUT2D eigenvalue weighted by atomic mass is 35.5. The van der Waals surface area contributed by atoms with Gasteiger partial charge in [-0.3, -0.25) is 0 Å². The van der Waals surface area contributed by atoms with Crippen LogP contribution in [0.5, 0.6) is 0 Å². The number of rotatable bonds is 1. The third-order valence-corrected chi connectivity index (χ3v) is 5.77. The Labute approximate surface area is 186 Å². The molecule has 2 aliphatic rings. The van der Waals surface area contributed by atoms with Crippen LogP contribution in [-0.2, 0) is 0 Å². The Morgan fingerprint density at radius 1 is 0.875 bits per heavy atom. The van der Waals surface area contributed by atoms with Gasteiger partial charge < -0.3 is 8.83 Å². The third-order valence-electron chi connectivity index (χ3n) is 5.52. The van der Waals surface area contributed by atoms with Gasteiger partial charge in [-0.05, 0) is 48.9 Å². The van der Waals surface area contributed by atoms with Gasteiger partial charge in [-0.2, -0.15) is 0 Å². The van der Waals surface area contributed by atoms with Crippen LogP contribution in [0.4, 0.5) is 5.69 Å². The van der Waals surface area contributed by atoms with E-state index in [1.807, 2.05) is 61.5 Å². The van der Waals surface area contributed by atoms with Crippen LogP contribution in [0, 0.1) is 6.92 Å². The first-order valence-corrected chi connectivity index (χ1v) is 10.4. The van der Waals surface area contributed by atoms with Crippen LogP contribution < -0.4 is 11.0 Å². The Bertz CT molecular complexity index is 1770. The zero-order chi connectivity index (χ0) is 21.8. The van der Waals surface area contributed by atoms with Gasteiger partial charge in [0.25, 0.3) is 0 Å². The molecule has 0 radical (unpaired) electrons. The maximum Gasteiger partial charge on any atom is 0.336 e. The molecule has 0 unspecified atom stereocenters. The smallest absolute Gasteiger partial charge is 0.336 e. The second kappa shape index (κ2) is 7.04. The minimum Gasteiger partial charge on any atom is -0.453 e. The Balaban J connectivity index is 1.74. The summed E-state index contributed by atoms with van der Waals surface area (Å²) >= 11 is 6.02. The van der Waals surface area contributed by atoms with Crippen molar-refractivity contribution in [2.45, 2.75) is 6.92 Å². The van der Waals surface area contributed by atoms with Gasteiger partial charge in [-0.1, -0.05) is 35.9 Å². The Hall–Kier alpha value is -3.96. The highest BCUT2D eigenvalue weighted by molar-refractivity contribution is 6.30. The molecule has 0 saturated heterocycles. The standard InChI is InChI=1S/C26H15ClN2O3/c1-14-12-23(30)32-20-10-11-21-26(24(14)20)29-25-18-5-3-2-4-17(18)19(13-22(25)31-21)28-16-8-6-15(27)7-9-16/h2-13H,1H3. The number of nitrogens with zero attached hydrogens (tertiary/aromatic N) is 2. The van der Waals surface area contributed by atoms with Gasteiger partial charge in [0, 0.05) is 27.9 Å². The van der Waals surface area contributed by atoms with Gasteiger partial charge in [0.2, 0.25) is 0 Å². The lowest BCUT2D eigenvalue weighted by Gasteiger charge is -2.12. The molecule has 4 aromatic rings. The van der Waals surface area contributed by atoms with Crippen LogP contribution in [-0.4, -0.2) is 4.98 Å². The normalized spacial score (nSPS) is 12.4. The van der Waals surface area contributed by atoms with Crippen LogP contribution in [0.3, 0.4) is 0 Å². The van der Waals surface area contributed by atoms with Crippen LogP contribution >= 0.6 is 11.6 Å². The summed E-state index contributed by atoms with van der Waals surface area (Å²) in [5, 5.41) is 4.10. The number of fused-ring (bicyclic) bond motifs is 6. The number of hydrogen-bond donors (Lipinski definition) is 0. The molecule has 0 spiro atoms. The van der Waals surface area contributed by atoms with E-state index in [1.165, 1.54) is 6.07 Å². The average molecular weight is 439 g/mol. The SMILES string of the molecule is Cc1cc(=O)oc2ccc3oc4cc(=Nc5ccc(Cl)cc5)c5ccccc5c-4nc3c12. The van der Waals surface area contributed by atoms with E-state index < -0.39 is 0 Å². The Morgan fingerprint density at radius 3 is 2.44 bits per heavy atom. The van der Waals surface area contributed by atoms with E-state index >= 15 is 0 Å². The number of aromatic nitrogens is 1. The average Bonchev–Trinajstić information content (AvgIpc) is 2.79. The van der Waals surface area contributed by atoms with E-state index in [1.54, 1.807) is 12.1 Å². The molecule has 32 heavy (non-hydrogen) atoms. The predicted molar refractivity (Wildman–Crippen MR) is 126 cm³/mol. The Morgan fingerprint density at radius 2 is 1.62 bits per heavy atom. The largest absolute Gasteiger partial charge is 0.453 e. The zero-order valence-corrected chi connectivity index (χ0v) is 17.7. The monoisotopic (exact) mass is 438 g/mol. The van der Waals surface area contributed by atoms with Crippen molar-refractivity contribution in [3.63, 3.8) is 0 Å². The topological polar surface area (TPSA) is 68.6 Å². The fraction of sp³-hybridized carbons (Fsp3) is 0.0385. The maximum atomic E-state index is 11.8. The van der Waals surface area contributed by atoms with Gasteiger partial charge in [0.1, 0.15) is 16.8 Å². The van der Waals surface area contributed by atoms with Gasteiger partial charge in [0.15, 0.2) is 11.3 Å². The van der Waals surface area contributed by atoms with E-state index in [4.69, 9.17) is 30.4 Å². The fourth-order valence-electron chi connectivity index (χ4n) is 4.09. The van der Waals surface area contributed by atoms with Gasteiger partial charge in [0.05, 0.1) is 16.4 Å². The summed E-state index contributed by atoms with van der Waals surface area (Å²) in [6.07, 6.45) is 0. The molecule has 0 saturated carbocycles. The molecule has 1 aliphatic heterocycles. The van der Waals surface area contributed by atoms with Crippen molar-refractivity contribution in [1.82, 2.24) is 4.98 Å². The predicted octanol–water partition coefficient (Wildman–Crippen LogP) is 6.39. The lowest BCUT2D eigenvalue weighted by atomic mass is 10.0. The number of aryl methyl sites for hydroxylation is 1. The van der Waals surface area contributed by atoms with Crippen LogP contribution in [0.15, 0.2) is 91.4 Å². The van der Waals surface area contributed by atoms with Gasteiger partial charge in [-0.25, -0.2) is 14.8 Å². The molecule has 2 heterocycles. The van der Waals surface area contributed by atoms with Crippen LogP contribution in [0.1, 0.15) is 5.56 Å². The molecule has 0 bridgehead atoms. The lowest BCUT2D eigenvalue weighted by molar-refractivity contribution is 0.559. The Kier molecular flexibility index (Phi) is 4.13. The van der Waals surface area contributed by atoms with Crippen LogP contribution in [0.25, 0.3) is 44.3 Å². The summed E-state index contributed by atoms with van der Waals surface area (Å²) in [6.45, 7) is 1.87. The molecule has 154 valence electrons. The van der Waals surface area contributed by atoms with E-state index in [-0.39, 0.29) is 5.63 Å². The van der Waals surface area contributed by atoms with Crippen molar-refractivity contribution in [1.29, 1.82) is 0 Å². The number of hydrogen-bond acceptors (Lipinski definition) is 5. The molecule has 0 amide bonds. The van der Waals surface area contributed by atoms with E-state index in [0.29, 0.717) is 27.5 Å². The second-order valence-corrected chi connectivity index (χ2v) is 8.06. The quantitative estimate of drug-likeness (QED) is 0.169. The molecule has 0 atom stereocenters. The molecule has 6 rings (SSSR count). The summed E-state index contributed by atoms with van der Waals surface area (Å²) in [6, 6.07) is 22.2. The molecular formula is C26H15ClN2O3. The van der Waals surface area contributed by atoms with Crippen LogP contribution in [0.2, 0.25) is 5.02 Å². The first kappa shape index (κ1) is 18.8. The minimum absolute atomic E-state index is 0.383. The first-order chi connectivity index (χ1) is 15.6. The van der Waals surface area contributed by atoms with Gasteiger partial charge >= 0.3 is 5.63 Å². The summed E-state index contributed by atoms with van der Waals surface area (Å²) < 4.78 is 11.7. The van der Waals surface area contributed by atoms with E-state index in [0.717, 1.165) is 38.5 Å². The number of halogens is 1. The highest BCUT2D eigenvalue weighted by Gasteiger charge is 2.17. The second-order valence-electron chi connectivity index (χ2n) is 7.62. The minimum atomic E-state index is -0.383. The summed E-state index contributed by atoms with van der Waals surface area (Å²) in [5.74, 6) is 0.623. The molecule has 1 aliphatic carbocycles. The molecule has 0 N–H and O–H groups in total. The maximum absolute atomic E-state index is 11.8. The summed E-state index contributed by atoms with van der Waals surface area (Å²) in [7, 11) is 0. The fourth-order valence-corrected chi connectivity index (χ4v) is 4.21.